The van der Waals surface area contributed by atoms with Gasteiger partial charge in [-0.2, -0.15) is 5.10 Å². The molecule has 1 fully saturated rings. The van der Waals surface area contributed by atoms with Gasteiger partial charge in [0, 0.05) is 11.1 Å². The number of aryl methyl sites for hydroxylation is 1. The summed E-state index contributed by atoms with van der Waals surface area (Å²) in [6, 6.07) is 4.78. The van der Waals surface area contributed by atoms with Gasteiger partial charge in [0.05, 0.1) is 16.6 Å². The van der Waals surface area contributed by atoms with Crippen molar-refractivity contribution in [3.05, 3.63) is 23.2 Å². The van der Waals surface area contributed by atoms with Gasteiger partial charge < -0.3 is 5.73 Å². The van der Waals surface area contributed by atoms with Gasteiger partial charge in [-0.3, -0.25) is 4.68 Å². The quantitative estimate of drug-likeness (QED) is 0.911. The predicted molar refractivity (Wildman–Crippen MR) is 76.8 cm³/mol. The lowest BCUT2D eigenvalue weighted by Gasteiger charge is -2.09. The summed E-state index contributed by atoms with van der Waals surface area (Å²) in [5, 5.41) is 4.69. The zero-order valence-electron chi connectivity index (χ0n) is 10.9. The molecule has 2 aromatic rings. The van der Waals surface area contributed by atoms with Crippen LogP contribution >= 0.6 is 11.3 Å². The number of anilines is 1. The lowest BCUT2D eigenvalue weighted by molar-refractivity contribution is 0.441. The van der Waals surface area contributed by atoms with Crippen molar-refractivity contribution in [2.45, 2.75) is 39.2 Å². The van der Waals surface area contributed by atoms with Crippen LogP contribution in [0.4, 0.5) is 5.69 Å². The summed E-state index contributed by atoms with van der Waals surface area (Å²) in [5.41, 5.74) is 7.86. The summed E-state index contributed by atoms with van der Waals surface area (Å²) in [7, 11) is 0. The van der Waals surface area contributed by atoms with Gasteiger partial charge in [0.25, 0.3) is 0 Å². The molecule has 96 valence electrons. The molecular formula is C14H19N3S. The van der Waals surface area contributed by atoms with E-state index in [4.69, 9.17) is 10.8 Å². The number of hydrogen-bond donors (Lipinski definition) is 1. The van der Waals surface area contributed by atoms with Gasteiger partial charge in [0.15, 0.2) is 0 Å². The van der Waals surface area contributed by atoms with Crippen LogP contribution in [0.3, 0.4) is 0 Å². The van der Waals surface area contributed by atoms with Crippen molar-refractivity contribution in [2.75, 3.05) is 5.73 Å². The first-order chi connectivity index (χ1) is 8.69. The SMILES string of the molecule is CCc1ccc(-c2nn(C(C)C3CC3)cc2N)s1. The van der Waals surface area contributed by atoms with E-state index in [-0.39, 0.29) is 0 Å². The van der Waals surface area contributed by atoms with Crippen molar-refractivity contribution < 1.29 is 0 Å². The smallest absolute Gasteiger partial charge is 0.125 e. The molecule has 3 nitrogen and oxygen atoms in total. The molecule has 1 atom stereocenters. The van der Waals surface area contributed by atoms with Gasteiger partial charge in [-0.15, -0.1) is 11.3 Å². The molecule has 1 unspecified atom stereocenters. The Balaban J connectivity index is 1.91. The standard InChI is InChI=1S/C14H19N3S/c1-3-11-6-7-13(18-11)14-12(15)8-17(16-14)9(2)10-4-5-10/h6-10H,3-5,15H2,1-2H3. The first-order valence-corrected chi connectivity index (χ1v) is 7.44. The number of thiophene rings is 1. The van der Waals surface area contributed by atoms with Crippen molar-refractivity contribution in [1.29, 1.82) is 0 Å². The van der Waals surface area contributed by atoms with E-state index >= 15 is 0 Å². The van der Waals surface area contributed by atoms with Crippen LogP contribution in [0, 0.1) is 5.92 Å². The Bertz CT molecular complexity index is 551. The van der Waals surface area contributed by atoms with Crippen LogP contribution < -0.4 is 5.73 Å². The minimum absolute atomic E-state index is 0.478. The molecule has 2 heterocycles. The van der Waals surface area contributed by atoms with Gasteiger partial charge in [-0.1, -0.05) is 6.92 Å². The summed E-state index contributed by atoms with van der Waals surface area (Å²) in [5.74, 6) is 0.798. The Morgan fingerprint density at radius 2 is 2.28 bits per heavy atom. The Kier molecular flexibility index (Phi) is 2.90. The first-order valence-electron chi connectivity index (χ1n) is 6.62. The van der Waals surface area contributed by atoms with Crippen molar-refractivity contribution in [3.8, 4) is 10.6 Å². The third kappa shape index (κ3) is 2.05. The maximum Gasteiger partial charge on any atom is 0.125 e. The summed E-state index contributed by atoms with van der Waals surface area (Å²) in [6.45, 7) is 4.41. The highest BCUT2D eigenvalue weighted by atomic mass is 32.1. The van der Waals surface area contributed by atoms with E-state index in [9.17, 15) is 0 Å². The normalized spacial score (nSPS) is 17.0. The van der Waals surface area contributed by atoms with Crippen LogP contribution in [0.25, 0.3) is 10.6 Å². The molecule has 1 aliphatic rings. The van der Waals surface area contributed by atoms with Crippen molar-refractivity contribution in [1.82, 2.24) is 9.78 Å². The topological polar surface area (TPSA) is 43.8 Å². The summed E-state index contributed by atoms with van der Waals surface area (Å²) < 4.78 is 2.05. The highest BCUT2D eigenvalue weighted by Gasteiger charge is 2.30. The molecule has 0 aliphatic heterocycles. The average molecular weight is 261 g/mol. The summed E-state index contributed by atoms with van der Waals surface area (Å²) in [4.78, 5) is 2.57. The molecule has 2 N–H and O–H groups in total. The van der Waals surface area contributed by atoms with Crippen LogP contribution in [-0.4, -0.2) is 9.78 Å². The van der Waals surface area contributed by atoms with Gasteiger partial charge in [-0.25, -0.2) is 0 Å². The number of nitrogens with zero attached hydrogens (tertiary/aromatic N) is 2. The minimum atomic E-state index is 0.478. The molecule has 1 aliphatic carbocycles. The molecule has 2 aromatic heterocycles. The first kappa shape index (κ1) is 11.8. The fraction of sp³-hybridized carbons (Fsp3) is 0.500. The summed E-state index contributed by atoms with van der Waals surface area (Å²) in [6.07, 6.45) is 5.72. The maximum absolute atomic E-state index is 6.11. The average Bonchev–Trinajstić information content (AvgIpc) is 2.98. The van der Waals surface area contributed by atoms with E-state index in [1.165, 1.54) is 22.6 Å². The number of aromatic nitrogens is 2. The molecule has 3 rings (SSSR count). The minimum Gasteiger partial charge on any atom is -0.396 e. The molecule has 0 amide bonds. The molecule has 0 bridgehead atoms. The van der Waals surface area contributed by atoms with Gasteiger partial charge >= 0.3 is 0 Å². The van der Waals surface area contributed by atoms with Crippen molar-refractivity contribution in [3.63, 3.8) is 0 Å². The van der Waals surface area contributed by atoms with Crippen LogP contribution in [0.2, 0.25) is 0 Å². The molecule has 0 aromatic carbocycles. The molecule has 18 heavy (non-hydrogen) atoms. The zero-order valence-corrected chi connectivity index (χ0v) is 11.7. The van der Waals surface area contributed by atoms with Crippen LogP contribution in [0.1, 0.15) is 37.6 Å². The van der Waals surface area contributed by atoms with E-state index in [1.807, 2.05) is 10.9 Å². The van der Waals surface area contributed by atoms with Gasteiger partial charge in [-0.05, 0) is 44.2 Å². The largest absolute Gasteiger partial charge is 0.396 e. The van der Waals surface area contributed by atoms with Gasteiger partial charge in [0.2, 0.25) is 0 Å². The highest BCUT2D eigenvalue weighted by Crippen LogP contribution is 2.40. The van der Waals surface area contributed by atoms with Crippen LogP contribution in [0.15, 0.2) is 18.3 Å². The second-order valence-corrected chi connectivity index (χ2v) is 6.28. The molecule has 0 saturated heterocycles. The van der Waals surface area contributed by atoms with E-state index in [0.29, 0.717) is 6.04 Å². The molecular weight excluding hydrogens is 242 g/mol. The molecule has 0 radical (unpaired) electrons. The molecule has 1 saturated carbocycles. The second-order valence-electron chi connectivity index (χ2n) is 5.11. The lowest BCUT2D eigenvalue weighted by Crippen LogP contribution is -2.07. The predicted octanol–water partition coefficient (Wildman–Crippen LogP) is 3.73. The van der Waals surface area contributed by atoms with Gasteiger partial charge in [0.1, 0.15) is 5.69 Å². The maximum atomic E-state index is 6.11. The Morgan fingerprint density at radius 1 is 1.50 bits per heavy atom. The molecule has 4 heteroatoms. The number of nitrogens with two attached hydrogens (primary N) is 1. The monoisotopic (exact) mass is 261 g/mol. The zero-order chi connectivity index (χ0) is 12.7. The van der Waals surface area contributed by atoms with E-state index in [0.717, 1.165) is 23.7 Å². The van der Waals surface area contributed by atoms with Crippen molar-refractivity contribution >= 4 is 17.0 Å². The van der Waals surface area contributed by atoms with Crippen molar-refractivity contribution in [2.24, 2.45) is 5.92 Å². The van der Waals surface area contributed by atoms with Crippen LogP contribution in [0.5, 0.6) is 0 Å². The number of hydrogen-bond acceptors (Lipinski definition) is 3. The fourth-order valence-electron chi connectivity index (χ4n) is 2.30. The highest BCUT2D eigenvalue weighted by molar-refractivity contribution is 7.15. The van der Waals surface area contributed by atoms with Crippen LogP contribution in [-0.2, 0) is 6.42 Å². The second kappa shape index (κ2) is 4.43. The van der Waals surface area contributed by atoms with E-state index < -0.39 is 0 Å². The Hall–Kier alpha value is -1.29. The lowest BCUT2D eigenvalue weighted by atomic mass is 10.2. The third-order valence-corrected chi connectivity index (χ3v) is 4.96. The number of nitrogen functional groups attached to an aromatic ring is 1. The Morgan fingerprint density at radius 3 is 2.89 bits per heavy atom. The molecule has 0 spiro atoms. The summed E-state index contributed by atoms with van der Waals surface area (Å²) >= 11 is 1.79. The van der Waals surface area contributed by atoms with E-state index in [2.05, 4.69) is 26.0 Å². The fourth-order valence-corrected chi connectivity index (χ4v) is 3.25. The number of rotatable bonds is 4. The van der Waals surface area contributed by atoms with E-state index in [1.54, 1.807) is 11.3 Å². The third-order valence-electron chi connectivity index (χ3n) is 3.73. The Labute approximate surface area is 112 Å².